The molecule has 0 fully saturated rings. The number of carbonyl (C=O) groups excluding carboxylic acids is 1. The van der Waals surface area contributed by atoms with Crippen molar-refractivity contribution in [3.63, 3.8) is 0 Å². The van der Waals surface area contributed by atoms with E-state index < -0.39 is 42.5 Å². The van der Waals surface area contributed by atoms with Crippen LogP contribution in [0.5, 0.6) is 0 Å². The zero-order chi connectivity index (χ0) is 26.3. The highest BCUT2D eigenvalue weighted by Gasteiger charge is 2.21. The fourth-order valence-electron chi connectivity index (χ4n) is 2.97. The quantitative estimate of drug-likeness (QED) is 0.238. The molecule has 2 unspecified atom stereocenters. The van der Waals surface area contributed by atoms with E-state index in [0.29, 0.717) is 16.6 Å². The maximum absolute atomic E-state index is 12.4. The van der Waals surface area contributed by atoms with Crippen molar-refractivity contribution in [2.24, 2.45) is 17.6 Å². The van der Waals surface area contributed by atoms with Gasteiger partial charge < -0.3 is 31.5 Å². The van der Waals surface area contributed by atoms with Crippen molar-refractivity contribution in [3.8, 4) is 0 Å². The Kier molecular flexibility index (Phi) is 9.37. The van der Waals surface area contributed by atoms with Crippen molar-refractivity contribution in [2.75, 3.05) is 25.1 Å². The van der Waals surface area contributed by atoms with E-state index in [4.69, 9.17) is 26.2 Å². The summed E-state index contributed by atoms with van der Waals surface area (Å²) in [5, 5.41) is 37.5. The number of fused-ring (bicyclic) bond motifs is 3. The molecule has 0 aliphatic carbocycles. The minimum absolute atomic E-state index is 0.0878. The summed E-state index contributed by atoms with van der Waals surface area (Å²) in [6, 6.07) is 5.14. The maximum Gasteiger partial charge on any atom is 0.342 e. The first kappa shape index (κ1) is 27.8. The third kappa shape index (κ3) is 6.36. The zero-order valence-corrected chi connectivity index (χ0v) is 19.8. The van der Waals surface area contributed by atoms with Gasteiger partial charge in [0.15, 0.2) is 0 Å². The average Bonchev–Trinajstić information content (AvgIpc) is 2.87. The Balaban J connectivity index is 0.000000466. The number of carbonyl (C=O) groups is 2. The van der Waals surface area contributed by atoms with E-state index in [2.05, 4.69) is 15.3 Å². The normalized spacial score (nSPS) is 13.1. The summed E-state index contributed by atoms with van der Waals surface area (Å²) >= 11 is 0. The van der Waals surface area contributed by atoms with Gasteiger partial charge in [0.25, 0.3) is 5.56 Å². The largest absolute Gasteiger partial charge is 0.477 e. The third-order valence-electron chi connectivity index (χ3n) is 5.90. The number of nitrogens with one attached hydrogen (secondary N) is 1. The fourth-order valence-corrected chi connectivity index (χ4v) is 2.97. The second-order valence-corrected chi connectivity index (χ2v) is 8.45. The molecule has 3 aromatic rings. The van der Waals surface area contributed by atoms with Crippen molar-refractivity contribution < 1.29 is 30.0 Å². The van der Waals surface area contributed by atoms with Crippen LogP contribution in [0.2, 0.25) is 0 Å². The predicted molar refractivity (Wildman–Crippen MR) is 129 cm³/mol. The van der Waals surface area contributed by atoms with Gasteiger partial charge in [0.1, 0.15) is 17.5 Å². The number of nitrogens with two attached hydrogens (primary N) is 1. The molecule has 35 heavy (non-hydrogen) atoms. The lowest BCUT2D eigenvalue weighted by atomic mass is 9.93. The van der Waals surface area contributed by atoms with Crippen LogP contribution in [-0.4, -0.2) is 72.0 Å². The highest BCUT2D eigenvalue weighted by Crippen LogP contribution is 2.22. The summed E-state index contributed by atoms with van der Waals surface area (Å²) in [6.07, 6.45) is 3.19. The van der Waals surface area contributed by atoms with Crippen molar-refractivity contribution in [3.05, 3.63) is 46.6 Å². The number of hydrogen-bond acceptors (Lipinski definition) is 9. The van der Waals surface area contributed by atoms with Crippen molar-refractivity contribution >= 4 is 34.1 Å². The molecule has 0 aliphatic heterocycles. The molecule has 0 bridgehead atoms. The topological polar surface area (TPSA) is 200 Å². The summed E-state index contributed by atoms with van der Waals surface area (Å²) in [7, 11) is 0. The molecule has 2 aromatic heterocycles. The Hall–Kier alpha value is -3.45. The molecule has 12 heteroatoms. The number of benzene rings is 1. The number of aliphatic hydroxyl groups excluding tert-OH is 3. The molecule has 7 N–H and O–H groups in total. The molecule has 0 saturated heterocycles. The number of anilines is 1. The molecule has 0 aliphatic rings. The van der Waals surface area contributed by atoms with Gasteiger partial charge in [0.05, 0.1) is 30.9 Å². The van der Waals surface area contributed by atoms with Gasteiger partial charge in [-0.3, -0.25) is 9.59 Å². The van der Waals surface area contributed by atoms with Crippen LogP contribution in [-0.2, 0) is 4.79 Å². The Bertz CT molecular complexity index is 1250. The van der Waals surface area contributed by atoms with E-state index in [9.17, 15) is 14.4 Å². The number of carboxylic acid groups (broad SMARTS) is 1. The second kappa shape index (κ2) is 11.8. The van der Waals surface area contributed by atoms with E-state index in [1.165, 1.54) is 6.33 Å². The molecule has 1 aromatic carbocycles. The Morgan fingerprint density at radius 2 is 1.77 bits per heavy atom. The Morgan fingerprint density at radius 3 is 2.29 bits per heavy atom. The van der Waals surface area contributed by atoms with E-state index >= 15 is 0 Å². The molecule has 190 valence electrons. The van der Waals surface area contributed by atoms with Gasteiger partial charge in [0, 0.05) is 23.2 Å². The van der Waals surface area contributed by atoms with E-state index in [1.54, 1.807) is 18.2 Å². The summed E-state index contributed by atoms with van der Waals surface area (Å²) in [6.45, 7) is 4.74. The van der Waals surface area contributed by atoms with Crippen LogP contribution in [0.15, 0.2) is 35.5 Å². The van der Waals surface area contributed by atoms with Crippen LogP contribution >= 0.6 is 0 Å². The lowest BCUT2D eigenvalue weighted by Crippen LogP contribution is -2.50. The predicted octanol–water partition coefficient (Wildman–Crippen LogP) is 0.222. The first-order valence-electron chi connectivity index (χ1n) is 11.0. The standard InChI is InChI=1S/C19H20N4O4.C4H11NO3/c1-4-10(2)11(3)17(24)22-12-5-6-15-13(7-12)16-20-8-14(19(26)27)18(25)23(16)9-21-15;5-4(1-6,2-7)3-8/h5-11H,4H2,1-3H3,(H,22,24)(H,26,27);6-8H,1-3,5H2. The molecule has 1 amide bonds. The lowest BCUT2D eigenvalue weighted by Gasteiger charge is -2.20. The summed E-state index contributed by atoms with van der Waals surface area (Å²) in [5.74, 6) is -1.32. The number of nitrogens with zero attached hydrogens (tertiary/aromatic N) is 3. The molecule has 0 saturated carbocycles. The number of rotatable bonds is 8. The van der Waals surface area contributed by atoms with Crippen molar-refractivity contribution in [1.82, 2.24) is 14.4 Å². The SMILES string of the molecule is CCC(C)C(C)C(=O)Nc1ccc2ncn3c(=O)c(C(=O)O)cnc3c2c1.NC(CO)(CO)CO. The first-order chi connectivity index (χ1) is 16.5. The van der Waals surface area contributed by atoms with Crippen molar-refractivity contribution in [1.29, 1.82) is 0 Å². The molecular formula is C23H31N5O7. The van der Waals surface area contributed by atoms with Gasteiger partial charge in [-0.1, -0.05) is 27.2 Å². The van der Waals surface area contributed by atoms with Crippen LogP contribution in [0.4, 0.5) is 5.69 Å². The molecule has 2 heterocycles. The van der Waals surface area contributed by atoms with E-state index in [-0.39, 0.29) is 23.4 Å². The highest BCUT2D eigenvalue weighted by molar-refractivity contribution is 5.98. The molecule has 3 rings (SSSR count). The van der Waals surface area contributed by atoms with Crippen LogP contribution in [0.3, 0.4) is 0 Å². The van der Waals surface area contributed by atoms with Crippen LogP contribution in [0.1, 0.15) is 37.6 Å². The summed E-state index contributed by atoms with van der Waals surface area (Å²) in [5.41, 5.74) is 4.22. The number of aromatic carboxylic acids is 1. The van der Waals surface area contributed by atoms with Gasteiger partial charge in [-0.05, 0) is 24.1 Å². The Morgan fingerprint density at radius 1 is 1.14 bits per heavy atom. The van der Waals surface area contributed by atoms with Crippen LogP contribution in [0.25, 0.3) is 16.6 Å². The summed E-state index contributed by atoms with van der Waals surface area (Å²) < 4.78 is 1.10. The molecule has 0 radical (unpaired) electrons. The zero-order valence-electron chi connectivity index (χ0n) is 19.8. The number of amides is 1. The molecular weight excluding hydrogens is 458 g/mol. The van der Waals surface area contributed by atoms with Gasteiger partial charge in [-0.2, -0.15) is 0 Å². The van der Waals surface area contributed by atoms with Crippen molar-refractivity contribution in [2.45, 2.75) is 32.7 Å². The number of aromatic nitrogens is 3. The smallest absolute Gasteiger partial charge is 0.342 e. The molecule has 0 spiro atoms. The van der Waals surface area contributed by atoms with Gasteiger partial charge in [0.2, 0.25) is 5.91 Å². The number of hydrogen-bond donors (Lipinski definition) is 6. The monoisotopic (exact) mass is 489 g/mol. The number of carboxylic acids is 1. The van der Waals surface area contributed by atoms with Gasteiger partial charge >= 0.3 is 5.97 Å². The van der Waals surface area contributed by atoms with Gasteiger partial charge in [-0.25, -0.2) is 19.2 Å². The maximum atomic E-state index is 12.4. The second-order valence-electron chi connectivity index (χ2n) is 8.45. The Labute approximate surface area is 201 Å². The lowest BCUT2D eigenvalue weighted by molar-refractivity contribution is -0.120. The highest BCUT2D eigenvalue weighted by atomic mass is 16.4. The minimum Gasteiger partial charge on any atom is -0.477 e. The minimum atomic E-state index is -1.35. The van der Waals surface area contributed by atoms with Crippen LogP contribution < -0.4 is 16.6 Å². The van der Waals surface area contributed by atoms with E-state index in [0.717, 1.165) is 17.0 Å². The van der Waals surface area contributed by atoms with Gasteiger partial charge in [-0.15, -0.1) is 0 Å². The molecule has 12 nitrogen and oxygen atoms in total. The average molecular weight is 490 g/mol. The van der Waals surface area contributed by atoms with E-state index in [1.807, 2.05) is 20.8 Å². The fraction of sp³-hybridized carbons (Fsp3) is 0.435. The van der Waals surface area contributed by atoms with Crippen LogP contribution in [0, 0.1) is 11.8 Å². The molecule has 2 atom stereocenters. The first-order valence-corrected chi connectivity index (χ1v) is 11.0. The third-order valence-corrected chi connectivity index (χ3v) is 5.90. The number of aliphatic hydroxyl groups is 3. The summed E-state index contributed by atoms with van der Waals surface area (Å²) in [4.78, 5) is 44.2.